The maximum atomic E-state index is 4.73. The maximum absolute atomic E-state index is 4.73. The molecule has 1 unspecified atom stereocenters. The first-order valence-corrected chi connectivity index (χ1v) is 8.35. The second kappa shape index (κ2) is 6.06. The molecule has 3 heterocycles. The molecule has 5 heteroatoms. The molecule has 20 heavy (non-hydrogen) atoms. The molecular formula is C15H22N4S. The molecule has 4 nitrogen and oxygen atoms in total. The Kier molecular flexibility index (Phi) is 4.17. The third-order valence-electron chi connectivity index (χ3n) is 4.17. The predicted octanol–water partition coefficient (Wildman–Crippen LogP) is 3.50. The van der Waals surface area contributed by atoms with E-state index >= 15 is 0 Å². The molecule has 1 fully saturated rings. The minimum atomic E-state index is 0.699. The molecule has 0 saturated carbocycles. The monoisotopic (exact) mass is 290 g/mol. The van der Waals surface area contributed by atoms with Gasteiger partial charge in [0.2, 0.25) is 0 Å². The number of hydrogen-bond donors (Lipinski definition) is 1. The number of piperidine rings is 1. The van der Waals surface area contributed by atoms with Gasteiger partial charge in [0.05, 0.1) is 11.9 Å². The SMILES string of the molecule is CCC1CCCCN1Cc1nc(NC)c2ccsc2n1. The summed E-state index contributed by atoms with van der Waals surface area (Å²) >= 11 is 1.69. The summed E-state index contributed by atoms with van der Waals surface area (Å²) in [6, 6.07) is 2.79. The van der Waals surface area contributed by atoms with Crippen LogP contribution in [0.4, 0.5) is 5.82 Å². The van der Waals surface area contributed by atoms with Gasteiger partial charge in [-0.05, 0) is 37.3 Å². The molecule has 108 valence electrons. The summed E-state index contributed by atoms with van der Waals surface area (Å²) in [6.07, 6.45) is 5.20. The van der Waals surface area contributed by atoms with Gasteiger partial charge in [-0.1, -0.05) is 13.3 Å². The second-order valence-electron chi connectivity index (χ2n) is 5.41. The highest BCUT2D eigenvalue weighted by Crippen LogP contribution is 2.26. The average molecular weight is 290 g/mol. The molecule has 0 amide bonds. The van der Waals surface area contributed by atoms with Gasteiger partial charge < -0.3 is 5.32 Å². The molecule has 3 rings (SSSR count). The van der Waals surface area contributed by atoms with E-state index in [1.54, 1.807) is 11.3 Å². The van der Waals surface area contributed by atoms with E-state index < -0.39 is 0 Å². The molecule has 2 aromatic heterocycles. The van der Waals surface area contributed by atoms with Crippen molar-refractivity contribution in [3.05, 3.63) is 17.3 Å². The summed E-state index contributed by atoms with van der Waals surface area (Å²) in [5.74, 6) is 1.90. The molecule has 0 aromatic carbocycles. The van der Waals surface area contributed by atoms with Gasteiger partial charge in [0, 0.05) is 13.1 Å². The molecule has 0 radical (unpaired) electrons. The Morgan fingerprint density at radius 1 is 1.40 bits per heavy atom. The number of fused-ring (bicyclic) bond motifs is 1. The van der Waals surface area contributed by atoms with Gasteiger partial charge in [-0.25, -0.2) is 9.97 Å². The van der Waals surface area contributed by atoms with Crippen LogP contribution in [0.15, 0.2) is 11.4 Å². The summed E-state index contributed by atoms with van der Waals surface area (Å²) in [4.78, 5) is 13.1. The summed E-state index contributed by atoms with van der Waals surface area (Å²) in [5.41, 5.74) is 0. The smallest absolute Gasteiger partial charge is 0.146 e. The Morgan fingerprint density at radius 3 is 3.10 bits per heavy atom. The van der Waals surface area contributed by atoms with Gasteiger partial charge in [-0.2, -0.15) is 0 Å². The second-order valence-corrected chi connectivity index (χ2v) is 6.30. The predicted molar refractivity (Wildman–Crippen MR) is 85.3 cm³/mol. The summed E-state index contributed by atoms with van der Waals surface area (Å²) in [7, 11) is 1.93. The van der Waals surface area contributed by atoms with E-state index in [-0.39, 0.29) is 0 Å². The number of likely N-dealkylation sites (tertiary alicyclic amines) is 1. The largest absolute Gasteiger partial charge is 0.372 e. The zero-order valence-electron chi connectivity index (χ0n) is 12.2. The van der Waals surface area contributed by atoms with Crippen LogP contribution in [-0.4, -0.2) is 34.5 Å². The van der Waals surface area contributed by atoms with E-state index in [0.717, 1.165) is 28.4 Å². The van der Waals surface area contributed by atoms with E-state index in [4.69, 9.17) is 9.97 Å². The third-order valence-corrected chi connectivity index (χ3v) is 4.98. The Balaban J connectivity index is 1.86. The number of hydrogen-bond acceptors (Lipinski definition) is 5. The highest BCUT2D eigenvalue weighted by molar-refractivity contribution is 7.16. The van der Waals surface area contributed by atoms with Crippen LogP contribution in [0.1, 0.15) is 38.4 Å². The van der Waals surface area contributed by atoms with E-state index in [1.165, 1.54) is 32.2 Å². The van der Waals surface area contributed by atoms with Crippen molar-refractivity contribution < 1.29 is 0 Å². The van der Waals surface area contributed by atoms with Crippen molar-refractivity contribution in [3.8, 4) is 0 Å². The van der Waals surface area contributed by atoms with Crippen molar-refractivity contribution in [3.63, 3.8) is 0 Å². The normalized spacial score (nSPS) is 20.4. The van der Waals surface area contributed by atoms with Crippen LogP contribution >= 0.6 is 11.3 Å². The topological polar surface area (TPSA) is 41.1 Å². The minimum absolute atomic E-state index is 0.699. The standard InChI is InChI=1S/C15H22N4S/c1-3-11-6-4-5-8-19(11)10-13-17-14(16-2)12-7-9-20-15(12)18-13/h7,9,11H,3-6,8,10H2,1-2H3,(H,16,17,18). The number of nitrogens with one attached hydrogen (secondary N) is 1. The lowest BCUT2D eigenvalue weighted by atomic mass is 10.0. The average Bonchev–Trinajstić information content (AvgIpc) is 2.95. The zero-order valence-corrected chi connectivity index (χ0v) is 13.0. The Hall–Kier alpha value is -1.20. The van der Waals surface area contributed by atoms with Gasteiger partial charge in [-0.15, -0.1) is 11.3 Å². The summed E-state index contributed by atoms with van der Waals surface area (Å²) in [6.45, 7) is 4.34. The van der Waals surface area contributed by atoms with Gasteiger partial charge in [0.15, 0.2) is 0 Å². The first kappa shape index (κ1) is 13.8. The van der Waals surface area contributed by atoms with Crippen molar-refractivity contribution in [2.75, 3.05) is 18.9 Å². The van der Waals surface area contributed by atoms with Crippen molar-refractivity contribution in [2.45, 2.75) is 45.2 Å². The Labute approximate surface area is 124 Å². The van der Waals surface area contributed by atoms with E-state index in [0.29, 0.717) is 6.04 Å². The van der Waals surface area contributed by atoms with Crippen molar-refractivity contribution >= 4 is 27.4 Å². The minimum Gasteiger partial charge on any atom is -0.372 e. The fraction of sp³-hybridized carbons (Fsp3) is 0.600. The highest BCUT2D eigenvalue weighted by atomic mass is 32.1. The van der Waals surface area contributed by atoms with Gasteiger partial charge in [0.25, 0.3) is 0 Å². The summed E-state index contributed by atoms with van der Waals surface area (Å²) in [5, 5.41) is 6.41. The number of rotatable bonds is 4. The van der Waals surface area contributed by atoms with E-state index in [1.807, 2.05) is 7.05 Å². The number of thiophene rings is 1. The fourth-order valence-corrected chi connectivity index (χ4v) is 3.86. The lowest BCUT2D eigenvalue weighted by molar-refractivity contribution is 0.133. The molecule has 1 atom stereocenters. The lowest BCUT2D eigenvalue weighted by Crippen LogP contribution is -2.38. The van der Waals surface area contributed by atoms with Crippen LogP contribution in [0.3, 0.4) is 0 Å². The van der Waals surface area contributed by atoms with Gasteiger partial charge >= 0.3 is 0 Å². The van der Waals surface area contributed by atoms with Crippen molar-refractivity contribution in [2.24, 2.45) is 0 Å². The number of nitrogens with zero attached hydrogens (tertiary/aromatic N) is 3. The molecule has 0 spiro atoms. The zero-order chi connectivity index (χ0) is 13.9. The molecule has 2 aromatic rings. The maximum Gasteiger partial charge on any atom is 0.146 e. The molecule has 0 bridgehead atoms. The lowest BCUT2D eigenvalue weighted by Gasteiger charge is -2.34. The van der Waals surface area contributed by atoms with E-state index in [2.05, 4.69) is 28.6 Å². The molecule has 1 N–H and O–H groups in total. The van der Waals surface area contributed by atoms with E-state index in [9.17, 15) is 0 Å². The van der Waals surface area contributed by atoms with Crippen LogP contribution < -0.4 is 5.32 Å². The molecule has 1 aliphatic rings. The molecule has 1 aliphatic heterocycles. The van der Waals surface area contributed by atoms with Crippen LogP contribution in [0.2, 0.25) is 0 Å². The third kappa shape index (κ3) is 2.65. The van der Waals surface area contributed by atoms with Crippen LogP contribution in [-0.2, 0) is 6.54 Å². The number of aromatic nitrogens is 2. The van der Waals surface area contributed by atoms with Gasteiger partial charge in [0.1, 0.15) is 16.5 Å². The number of anilines is 1. The first-order chi connectivity index (χ1) is 9.81. The summed E-state index contributed by atoms with van der Waals surface area (Å²) < 4.78 is 0. The fourth-order valence-electron chi connectivity index (χ4n) is 3.07. The molecule has 1 saturated heterocycles. The Bertz CT molecular complexity index is 580. The van der Waals surface area contributed by atoms with Crippen molar-refractivity contribution in [1.29, 1.82) is 0 Å². The highest BCUT2D eigenvalue weighted by Gasteiger charge is 2.22. The molecular weight excluding hydrogens is 268 g/mol. The van der Waals surface area contributed by atoms with Crippen LogP contribution in [0.5, 0.6) is 0 Å². The van der Waals surface area contributed by atoms with Crippen LogP contribution in [0, 0.1) is 0 Å². The molecule has 0 aliphatic carbocycles. The van der Waals surface area contributed by atoms with Crippen molar-refractivity contribution in [1.82, 2.24) is 14.9 Å². The van der Waals surface area contributed by atoms with Crippen LogP contribution in [0.25, 0.3) is 10.2 Å². The Morgan fingerprint density at radius 2 is 2.30 bits per heavy atom. The quantitative estimate of drug-likeness (QED) is 0.935. The first-order valence-electron chi connectivity index (χ1n) is 7.47. The van der Waals surface area contributed by atoms with Gasteiger partial charge in [-0.3, -0.25) is 4.90 Å².